The lowest BCUT2D eigenvalue weighted by Gasteiger charge is -2.31. The van der Waals surface area contributed by atoms with Crippen molar-refractivity contribution in [2.24, 2.45) is 0 Å². The van der Waals surface area contributed by atoms with Gasteiger partial charge in [-0.25, -0.2) is 9.97 Å². The van der Waals surface area contributed by atoms with E-state index in [1.807, 2.05) is 7.05 Å². The first-order valence-electron chi connectivity index (χ1n) is 8.18. The lowest BCUT2D eigenvalue weighted by Crippen LogP contribution is -2.40. The van der Waals surface area contributed by atoms with Gasteiger partial charge in [0.25, 0.3) is 0 Å². The standard InChI is InChI=1S/C16H29N5/c1-5-8-14-18-15(17-3)11-16(19-14)21-10-7-9-20(4)12-13(21)6-2/h11,13H,5-10,12H2,1-4H3,(H,17,18,19). The first kappa shape index (κ1) is 16.0. The highest BCUT2D eigenvalue weighted by atomic mass is 15.3. The van der Waals surface area contributed by atoms with E-state index in [0.29, 0.717) is 6.04 Å². The lowest BCUT2D eigenvalue weighted by molar-refractivity contribution is 0.327. The zero-order chi connectivity index (χ0) is 15.2. The van der Waals surface area contributed by atoms with Gasteiger partial charge >= 0.3 is 0 Å². The van der Waals surface area contributed by atoms with Crippen LogP contribution in [0.1, 0.15) is 38.9 Å². The summed E-state index contributed by atoms with van der Waals surface area (Å²) < 4.78 is 0. The zero-order valence-corrected chi connectivity index (χ0v) is 13.9. The van der Waals surface area contributed by atoms with Crippen LogP contribution < -0.4 is 10.2 Å². The summed E-state index contributed by atoms with van der Waals surface area (Å²) in [7, 11) is 4.14. The van der Waals surface area contributed by atoms with Gasteiger partial charge in [-0.05, 0) is 32.9 Å². The SMILES string of the molecule is CCCc1nc(NC)cc(N2CCCN(C)CC2CC)n1. The minimum Gasteiger partial charge on any atom is -0.373 e. The summed E-state index contributed by atoms with van der Waals surface area (Å²) in [4.78, 5) is 14.3. The number of nitrogens with one attached hydrogen (secondary N) is 1. The fourth-order valence-electron chi connectivity index (χ4n) is 2.99. The molecule has 1 atom stereocenters. The number of rotatable bonds is 5. The monoisotopic (exact) mass is 291 g/mol. The lowest BCUT2D eigenvalue weighted by atomic mass is 10.2. The third-order valence-electron chi connectivity index (χ3n) is 4.16. The number of likely N-dealkylation sites (N-methyl/N-ethyl adjacent to an activating group) is 1. The predicted octanol–water partition coefficient (Wildman–Crippen LogP) is 2.39. The van der Waals surface area contributed by atoms with Crippen LogP contribution in [0.25, 0.3) is 0 Å². The van der Waals surface area contributed by atoms with E-state index in [2.05, 4.69) is 47.1 Å². The van der Waals surface area contributed by atoms with Crippen LogP contribution in [0.5, 0.6) is 0 Å². The Morgan fingerprint density at radius 3 is 2.76 bits per heavy atom. The summed E-state index contributed by atoms with van der Waals surface area (Å²) in [5.41, 5.74) is 0. The van der Waals surface area contributed by atoms with Gasteiger partial charge in [0.1, 0.15) is 17.5 Å². The Morgan fingerprint density at radius 2 is 2.10 bits per heavy atom. The van der Waals surface area contributed by atoms with Crippen LogP contribution in [0, 0.1) is 0 Å². The fourth-order valence-corrected chi connectivity index (χ4v) is 2.99. The van der Waals surface area contributed by atoms with Gasteiger partial charge < -0.3 is 15.1 Å². The minimum atomic E-state index is 0.534. The van der Waals surface area contributed by atoms with Crippen molar-refractivity contribution in [2.45, 2.75) is 45.6 Å². The van der Waals surface area contributed by atoms with E-state index in [4.69, 9.17) is 4.98 Å². The highest BCUT2D eigenvalue weighted by molar-refractivity contribution is 5.50. The van der Waals surface area contributed by atoms with Crippen LogP contribution in [-0.2, 0) is 6.42 Å². The molecule has 2 rings (SSSR count). The number of aryl methyl sites for hydroxylation is 1. The number of hydrogen-bond donors (Lipinski definition) is 1. The van der Waals surface area contributed by atoms with Crippen molar-refractivity contribution in [3.05, 3.63) is 11.9 Å². The number of nitrogens with zero attached hydrogens (tertiary/aromatic N) is 4. The third-order valence-corrected chi connectivity index (χ3v) is 4.16. The van der Waals surface area contributed by atoms with Gasteiger partial charge in [-0.2, -0.15) is 0 Å². The molecule has 5 nitrogen and oxygen atoms in total. The van der Waals surface area contributed by atoms with Crippen molar-refractivity contribution in [2.75, 3.05) is 43.9 Å². The van der Waals surface area contributed by atoms with Crippen molar-refractivity contribution in [3.8, 4) is 0 Å². The second kappa shape index (κ2) is 7.59. The summed E-state index contributed by atoms with van der Waals surface area (Å²) in [5, 5.41) is 3.17. The molecule has 0 spiro atoms. The van der Waals surface area contributed by atoms with Crippen molar-refractivity contribution in [1.29, 1.82) is 0 Å². The molecule has 1 N–H and O–H groups in total. The molecule has 0 aliphatic carbocycles. The van der Waals surface area contributed by atoms with Crippen molar-refractivity contribution < 1.29 is 0 Å². The van der Waals surface area contributed by atoms with Crippen molar-refractivity contribution in [1.82, 2.24) is 14.9 Å². The maximum atomic E-state index is 4.82. The molecule has 0 radical (unpaired) electrons. The quantitative estimate of drug-likeness (QED) is 0.902. The molecule has 0 saturated carbocycles. The summed E-state index contributed by atoms with van der Waals surface area (Å²) in [6, 6.07) is 2.62. The van der Waals surface area contributed by atoms with Crippen molar-refractivity contribution >= 4 is 11.6 Å². The largest absolute Gasteiger partial charge is 0.373 e. The average molecular weight is 291 g/mol. The maximum absolute atomic E-state index is 4.82. The topological polar surface area (TPSA) is 44.3 Å². The fraction of sp³-hybridized carbons (Fsp3) is 0.750. The average Bonchev–Trinajstić information content (AvgIpc) is 2.68. The Hall–Kier alpha value is -1.36. The van der Waals surface area contributed by atoms with E-state index in [1.165, 1.54) is 13.0 Å². The van der Waals surface area contributed by atoms with Gasteiger partial charge in [-0.3, -0.25) is 0 Å². The number of anilines is 2. The van der Waals surface area contributed by atoms with E-state index in [-0.39, 0.29) is 0 Å². The Kier molecular flexibility index (Phi) is 5.79. The molecule has 1 aromatic heterocycles. The molecule has 0 aromatic carbocycles. The third kappa shape index (κ3) is 4.06. The van der Waals surface area contributed by atoms with Crippen LogP contribution in [0.15, 0.2) is 6.07 Å². The van der Waals surface area contributed by atoms with Gasteiger partial charge in [0.15, 0.2) is 0 Å². The molecule has 1 fully saturated rings. The number of aromatic nitrogens is 2. The first-order chi connectivity index (χ1) is 10.2. The molecule has 1 aromatic rings. The van der Waals surface area contributed by atoms with Crippen LogP contribution >= 0.6 is 0 Å². The molecule has 5 heteroatoms. The van der Waals surface area contributed by atoms with Gasteiger partial charge in [0.2, 0.25) is 0 Å². The molecule has 1 saturated heterocycles. The molecule has 2 heterocycles. The summed E-state index contributed by atoms with van der Waals surface area (Å²) in [5.74, 6) is 2.96. The van der Waals surface area contributed by atoms with Crippen LogP contribution in [0.2, 0.25) is 0 Å². The Morgan fingerprint density at radius 1 is 1.29 bits per heavy atom. The molecule has 1 aliphatic heterocycles. The molecule has 21 heavy (non-hydrogen) atoms. The molecule has 118 valence electrons. The van der Waals surface area contributed by atoms with E-state index in [0.717, 1.165) is 49.8 Å². The Balaban J connectivity index is 2.30. The van der Waals surface area contributed by atoms with E-state index in [9.17, 15) is 0 Å². The second-order valence-electron chi connectivity index (χ2n) is 5.90. The highest BCUT2D eigenvalue weighted by Crippen LogP contribution is 2.22. The molecule has 1 aliphatic rings. The molecular formula is C16H29N5. The second-order valence-corrected chi connectivity index (χ2v) is 5.90. The predicted molar refractivity (Wildman–Crippen MR) is 89.1 cm³/mol. The van der Waals surface area contributed by atoms with Gasteiger partial charge in [-0.1, -0.05) is 13.8 Å². The van der Waals surface area contributed by atoms with E-state index >= 15 is 0 Å². The molecule has 0 bridgehead atoms. The summed E-state index contributed by atoms with van der Waals surface area (Å²) in [6.45, 7) is 7.79. The van der Waals surface area contributed by atoms with Gasteiger partial charge in [0.05, 0.1) is 0 Å². The molecular weight excluding hydrogens is 262 g/mol. The Bertz CT molecular complexity index is 448. The van der Waals surface area contributed by atoms with Crippen LogP contribution in [0.3, 0.4) is 0 Å². The molecule has 1 unspecified atom stereocenters. The Labute approximate surface area is 128 Å². The smallest absolute Gasteiger partial charge is 0.134 e. The van der Waals surface area contributed by atoms with E-state index in [1.54, 1.807) is 0 Å². The summed E-state index contributed by atoms with van der Waals surface area (Å²) >= 11 is 0. The van der Waals surface area contributed by atoms with Gasteiger partial charge in [0, 0.05) is 38.7 Å². The zero-order valence-electron chi connectivity index (χ0n) is 13.9. The van der Waals surface area contributed by atoms with Crippen LogP contribution in [0.4, 0.5) is 11.6 Å². The highest BCUT2D eigenvalue weighted by Gasteiger charge is 2.23. The van der Waals surface area contributed by atoms with E-state index < -0.39 is 0 Å². The normalized spacial score (nSPS) is 20.4. The first-order valence-corrected chi connectivity index (χ1v) is 8.18. The van der Waals surface area contributed by atoms with Crippen LogP contribution in [-0.4, -0.2) is 54.6 Å². The van der Waals surface area contributed by atoms with Crippen molar-refractivity contribution in [3.63, 3.8) is 0 Å². The minimum absolute atomic E-state index is 0.534. The summed E-state index contributed by atoms with van der Waals surface area (Å²) in [6.07, 6.45) is 4.35. The maximum Gasteiger partial charge on any atom is 0.134 e. The number of hydrogen-bond acceptors (Lipinski definition) is 5. The molecule has 0 amide bonds. The van der Waals surface area contributed by atoms with Gasteiger partial charge in [-0.15, -0.1) is 0 Å².